The summed E-state index contributed by atoms with van der Waals surface area (Å²) in [5.74, 6) is 0.533. The van der Waals surface area contributed by atoms with E-state index in [2.05, 4.69) is 39.4 Å². The molecular weight excluding hydrogens is 510 g/mol. The van der Waals surface area contributed by atoms with Gasteiger partial charge in [-0.05, 0) is 69.2 Å². The van der Waals surface area contributed by atoms with Crippen molar-refractivity contribution in [1.82, 2.24) is 20.1 Å². The summed E-state index contributed by atoms with van der Waals surface area (Å²) in [6.07, 6.45) is 4.01. The third-order valence-corrected chi connectivity index (χ3v) is 7.06. The normalized spacial score (nSPS) is 16.7. The number of amides is 2. The molecule has 0 aliphatic carbocycles. The molecule has 4 rings (SSSR count). The lowest BCUT2D eigenvalue weighted by atomic mass is 10.0. The Bertz CT molecular complexity index is 1240. The molecule has 0 spiro atoms. The number of anilines is 1. The molecular formula is C29H39N7O4. The molecule has 2 aliphatic rings. The van der Waals surface area contributed by atoms with E-state index in [1.165, 1.54) is 0 Å². The molecule has 1 aromatic carbocycles. The summed E-state index contributed by atoms with van der Waals surface area (Å²) in [6.45, 7) is 11.1. The molecule has 214 valence electrons. The lowest BCUT2D eigenvalue weighted by Gasteiger charge is -2.40. The number of pyridine rings is 1. The number of morpholine rings is 1. The average Bonchev–Trinajstić information content (AvgIpc) is 2.97. The zero-order valence-corrected chi connectivity index (χ0v) is 23.5. The van der Waals surface area contributed by atoms with E-state index < -0.39 is 0 Å². The number of hydrogen-bond acceptors (Lipinski definition) is 7. The Morgan fingerprint density at radius 2 is 1.90 bits per heavy atom. The summed E-state index contributed by atoms with van der Waals surface area (Å²) in [6, 6.07) is 10.9. The van der Waals surface area contributed by atoms with Crippen molar-refractivity contribution >= 4 is 35.0 Å². The van der Waals surface area contributed by atoms with Gasteiger partial charge in [0.1, 0.15) is 0 Å². The number of guanidine groups is 1. The van der Waals surface area contributed by atoms with Crippen molar-refractivity contribution in [3.8, 4) is 0 Å². The van der Waals surface area contributed by atoms with Crippen LogP contribution in [-0.4, -0.2) is 90.8 Å². The van der Waals surface area contributed by atoms with E-state index in [0.29, 0.717) is 62.9 Å². The molecule has 0 radical (unpaired) electrons. The lowest BCUT2D eigenvalue weighted by Crippen LogP contribution is -2.55. The molecule has 2 aromatic rings. The van der Waals surface area contributed by atoms with Gasteiger partial charge in [-0.25, -0.2) is 9.78 Å². The predicted octanol–water partition coefficient (Wildman–Crippen LogP) is 3.23. The lowest BCUT2D eigenvalue weighted by molar-refractivity contribution is -0.00923. The van der Waals surface area contributed by atoms with Gasteiger partial charge in [-0.2, -0.15) is 4.99 Å². The van der Waals surface area contributed by atoms with Crippen LogP contribution in [0.4, 0.5) is 16.3 Å². The summed E-state index contributed by atoms with van der Waals surface area (Å²) in [7, 11) is 0. The zero-order chi connectivity index (χ0) is 28.5. The summed E-state index contributed by atoms with van der Waals surface area (Å²) < 4.78 is 10.5. The van der Waals surface area contributed by atoms with Crippen LogP contribution >= 0.6 is 0 Å². The molecule has 2 amide bonds. The molecule has 1 saturated heterocycles. The first-order valence-corrected chi connectivity index (χ1v) is 13.6. The fourth-order valence-electron chi connectivity index (χ4n) is 4.71. The number of carbonyl (C=O) groups excluding carboxylic acids is 2. The van der Waals surface area contributed by atoms with Gasteiger partial charge in [0.15, 0.2) is 11.8 Å². The topological polar surface area (TPSA) is 134 Å². The molecule has 3 heterocycles. The van der Waals surface area contributed by atoms with Crippen molar-refractivity contribution in [2.45, 2.75) is 32.7 Å². The van der Waals surface area contributed by atoms with Crippen LogP contribution in [0, 0.1) is 0 Å². The van der Waals surface area contributed by atoms with Gasteiger partial charge in [0.05, 0.1) is 19.8 Å². The summed E-state index contributed by atoms with van der Waals surface area (Å²) in [5.41, 5.74) is 9.22. The molecule has 11 heteroatoms. The number of rotatable bonds is 8. The van der Waals surface area contributed by atoms with Crippen molar-refractivity contribution in [2.24, 2.45) is 10.7 Å². The Balaban J connectivity index is 1.35. The van der Waals surface area contributed by atoms with E-state index in [0.717, 1.165) is 24.2 Å². The summed E-state index contributed by atoms with van der Waals surface area (Å²) >= 11 is 0. The van der Waals surface area contributed by atoms with Crippen LogP contribution < -0.4 is 16.4 Å². The Kier molecular flexibility index (Phi) is 9.73. The van der Waals surface area contributed by atoms with Gasteiger partial charge >= 0.3 is 6.09 Å². The molecule has 2 aliphatic heterocycles. The van der Waals surface area contributed by atoms with Crippen LogP contribution in [0.5, 0.6) is 0 Å². The Morgan fingerprint density at radius 1 is 1.15 bits per heavy atom. The molecule has 40 heavy (non-hydrogen) atoms. The highest BCUT2D eigenvalue weighted by atomic mass is 16.6. The SMILES string of the molecule is CCOC(=O)N1CC=C(c2cccnc2N=C(N)Nc2ccc(C(=O)NCC(C)(C)N3CCOCC3)cc2)CC1. The van der Waals surface area contributed by atoms with E-state index in [1.54, 1.807) is 42.3 Å². The highest BCUT2D eigenvalue weighted by Gasteiger charge is 2.28. The number of nitrogens with zero attached hydrogens (tertiary/aromatic N) is 4. The first-order chi connectivity index (χ1) is 19.3. The zero-order valence-electron chi connectivity index (χ0n) is 23.5. The number of nitrogens with one attached hydrogen (secondary N) is 2. The average molecular weight is 550 g/mol. The van der Waals surface area contributed by atoms with Crippen molar-refractivity contribution < 1.29 is 19.1 Å². The Morgan fingerprint density at radius 3 is 2.58 bits per heavy atom. The van der Waals surface area contributed by atoms with Crippen molar-refractivity contribution in [1.29, 1.82) is 0 Å². The Hall–Kier alpha value is -3.96. The van der Waals surface area contributed by atoms with Crippen LogP contribution in [0.3, 0.4) is 0 Å². The van der Waals surface area contributed by atoms with E-state index in [1.807, 2.05) is 18.2 Å². The minimum absolute atomic E-state index is 0.130. The number of carbonyl (C=O) groups is 2. The fraction of sp³-hybridized carbons (Fsp3) is 0.448. The maximum absolute atomic E-state index is 12.8. The molecule has 0 bridgehead atoms. The second-order valence-corrected chi connectivity index (χ2v) is 10.3. The number of benzene rings is 1. The predicted molar refractivity (Wildman–Crippen MR) is 156 cm³/mol. The van der Waals surface area contributed by atoms with Crippen molar-refractivity contribution in [2.75, 3.05) is 57.9 Å². The second-order valence-electron chi connectivity index (χ2n) is 10.3. The van der Waals surface area contributed by atoms with Gasteiger partial charge in [-0.15, -0.1) is 0 Å². The van der Waals surface area contributed by atoms with Crippen LogP contribution in [-0.2, 0) is 9.47 Å². The first-order valence-electron chi connectivity index (χ1n) is 13.6. The highest BCUT2D eigenvalue weighted by Crippen LogP contribution is 2.29. The van der Waals surface area contributed by atoms with Crippen LogP contribution in [0.1, 0.15) is 43.1 Å². The molecule has 11 nitrogen and oxygen atoms in total. The maximum Gasteiger partial charge on any atom is 0.410 e. The Labute approximate surface area is 235 Å². The van der Waals surface area contributed by atoms with E-state index in [9.17, 15) is 9.59 Å². The largest absolute Gasteiger partial charge is 0.450 e. The number of ether oxygens (including phenoxy) is 2. The monoisotopic (exact) mass is 549 g/mol. The fourth-order valence-corrected chi connectivity index (χ4v) is 4.71. The van der Waals surface area contributed by atoms with Crippen LogP contribution in [0.25, 0.3) is 5.57 Å². The number of hydrogen-bond donors (Lipinski definition) is 3. The second kappa shape index (κ2) is 13.4. The van der Waals surface area contributed by atoms with E-state index in [4.69, 9.17) is 15.2 Å². The number of nitrogens with two attached hydrogens (primary N) is 1. The van der Waals surface area contributed by atoms with Crippen LogP contribution in [0.2, 0.25) is 0 Å². The van der Waals surface area contributed by atoms with Crippen molar-refractivity contribution in [3.63, 3.8) is 0 Å². The maximum atomic E-state index is 12.8. The summed E-state index contributed by atoms with van der Waals surface area (Å²) in [4.78, 5) is 37.7. The van der Waals surface area contributed by atoms with Gasteiger partial charge in [0.25, 0.3) is 5.91 Å². The minimum Gasteiger partial charge on any atom is -0.450 e. The third-order valence-electron chi connectivity index (χ3n) is 7.06. The highest BCUT2D eigenvalue weighted by molar-refractivity contribution is 5.97. The number of aromatic nitrogens is 1. The van der Waals surface area contributed by atoms with Crippen LogP contribution in [0.15, 0.2) is 53.7 Å². The van der Waals surface area contributed by atoms with Gasteiger partial charge in [-0.3, -0.25) is 9.69 Å². The minimum atomic E-state index is -0.309. The number of aliphatic imine (C=N–C) groups is 1. The van der Waals surface area contributed by atoms with Gasteiger partial charge < -0.3 is 30.7 Å². The molecule has 4 N–H and O–H groups in total. The molecule has 1 fully saturated rings. The standard InChI is InChI=1S/C29H39N7O4/c1-4-40-28(38)35-14-11-21(12-15-35)24-6-5-13-31-25(24)34-27(30)33-23-9-7-22(8-10-23)26(37)32-20-29(2,3)36-16-18-39-19-17-36/h5-11,13H,4,12,14-20H2,1-3H3,(H,32,37)(H3,30,31,33,34). The third kappa shape index (κ3) is 7.57. The summed E-state index contributed by atoms with van der Waals surface area (Å²) in [5, 5.41) is 6.12. The van der Waals surface area contributed by atoms with Gasteiger partial charge in [0.2, 0.25) is 0 Å². The molecule has 0 unspecified atom stereocenters. The quantitative estimate of drug-likeness (QED) is 0.338. The first kappa shape index (κ1) is 29.0. The van der Waals surface area contributed by atoms with E-state index in [-0.39, 0.29) is 23.5 Å². The van der Waals surface area contributed by atoms with E-state index >= 15 is 0 Å². The molecule has 0 atom stereocenters. The molecule has 1 aromatic heterocycles. The molecule has 0 saturated carbocycles. The van der Waals surface area contributed by atoms with Gasteiger partial charge in [0, 0.05) is 61.3 Å². The van der Waals surface area contributed by atoms with Gasteiger partial charge in [-0.1, -0.05) is 6.08 Å². The smallest absolute Gasteiger partial charge is 0.410 e. The van der Waals surface area contributed by atoms with Crippen molar-refractivity contribution in [3.05, 3.63) is 59.8 Å².